The Morgan fingerprint density at radius 2 is 2.33 bits per heavy atom. The maximum absolute atomic E-state index is 10.8. The Balaban J connectivity index is 2.28. The number of nitrogens with zero attached hydrogens (tertiary/aromatic N) is 3. The molecule has 12 heavy (non-hydrogen) atoms. The van der Waals surface area contributed by atoms with Gasteiger partial charge in [-0.25, -0.2) is 5.43 Å². The SMILES string of the molecule is O=C1CC(c2ccnnc2)=NN1. The molecule has 5 nitrogen and oxygen atoms in total. The number of hydrazone groups is 1. The molecule has 0 spiro atoms. The van der Waals surface area contributed by atoms with E-state index in [0.717, 1.165) is 11.3 Å². The van der Waals surface area contributed by atoms with E-state index in [4.69, 9.17) is 0 Å². The molecule has 0 saturated carbocycles. The molecule has 1 aromatic rings. The number of carbonyl (C=O) groups excluding carboxylic acids is 1. The fourth-order valence-corrected chi connectivity index (χ4v) is 0.989. The van der Waals surface area contributed by atoms with E-state index in [9.17, 15) is 4.79 Å². The normalized spacial score (nSPS) is 15.7. The first-order chi connectivity index (χ1) is 5.86. The highest BCUT2D eigenvalue weighted by atomic mass is 16.2. The number of aromatic nitrogens is 2. The zero-order chi connectivity index (χ0) is 8.39. The molecule has 60 valence electrons. The summed E-state index contributed by atoms with van der Waals surface area (Å²) in [5, 5.41) is 11.1. The maximum atomic E-state index is 10.8. The third-order valence-corrected chi connectivity index (χ3v) is 1.56. The van der Waals surface area contributed by atoms with Gasteiger partial charge in [0.1, 0.15) is 0 Å². The Bertz CT molecular complexity index is 333. The molecule has 0 atom stereocenters. The van der Waals surface area contributed by atoms with Crippen LogP contribution in [0.3, 0.4) is 0 Å². The van der Waals surface area contributed by atoms with Crippen LogP contribution in [0, 0.1) is 0 Å². The molecule has 2 rings (SSSR count). The van der Waals surface area contributed by atoms with E-state index >= 15 is 0 Å². The van der Waals surface area contributed by atoms with Crippen molar-refractivity contribution >= 4 is 11.6 Å². The predicted octanol–water partition coefficient (Wildman–Crippen LogP) is -0.299. The van der Waals surface area contributed by atoms with Crippen LogP contribution in [-0.2, 0) is 4.79 Å². The fraction of sp³-hybridized carbons (Fsp3) is 0.143. The van der Waals surface area contributed by atoms with Gasteiger partial charge in [-0.3, -0.25) is 4.79 Å². The van der Waals surface area contributed by atoms with Crippen LogP contribution in [0.4, 0.5) is 0 Å². The van der Waals surface area contributed by atoms with Crippen molar-refractivity contribution < 1.29 is 4.79 Å². The van der Waals surface area contributed by atoms with Crippen molar-refractivity contribution in [1.29, 1.82) is 0 Å². The van der Waals surface area contributed by atoms with E-state index in [0.29, 0.717) is 6.42 Å². The zero-order valence-electron chi connectivity index (χ0n) is 6.19. The molecule has 5 heteroatoms. The Labute approximate surface area is 68.5 Å². The molecule has 0 fully saturated rings. The van der Waals surface area contributed by atoms with E-state index in [1.165, 1.54) is 0 Å². The van der Waals surface area contributed by atoms with Crippen molar-refractivity contribution in [2.24, 2.45) is 5.10 Å². The van der Waals surface area contributed by atoms with Crippen molar-refractivity contribution in [2.45, 2.75) is 6.42 Å². The van der Waals surface area contributed by atoms with Gasteiger partial charge in [-0.2, -0.15) is 15.3 Å². The van der Waals surface area contributed by atoms with Crippen LogP contribution in [0.15, 0.2) is 23.6 Å². The van der Waals surface area contributed by atoms with Gasteiger partial charge in [0, 0.05) is 5.56 Å². The molecule has 0 unspecified atom stereocenters. The third kappa shape index (κ3) is 1.16. The number of amides is 1. The summed E-state index contributed by atoms with van der Waals surface area (Å²) in [6.45, 7) is 0. The van der Waals surface area contributed by atoms with E-state index in [1.807, 2.05) is 0 Å². The molecule has 0 aromatic carbocycles. The average Bonchev–Trinajstić information content (AvgIpc) is 2.54. The van der Waals surface area contributed by atoms with Crippen LogP contribution < -0.4 is 5.43 Å². The molecule has 0 radical (unpaired) electrons. The molecule has 1 aromatic heterocycles. The quantitative estimate of drug-likeness (QED) is 0.616. The molecule has 1 aliphatic heterocycles. The van der Waals surface area contributed by atoms with E-state index in [1.54, 1.807) is 18.5 Å². The Kier molecular flexibility index (Phi) is 1.55. The first-order valence-corrected chi connectivity index (χ1v) is 3.49. The smallest absolute Gasteiger partial charge is 0.246 e. The Hall–Kier alpha value is -1.78. The third-order valence-electron chi connectivity index (χ3n) is 1.56. The largest absolute Gasteiger partial charge is 0.273 e. The van der Waals surface area contributed by atoms with Crippen LogP contribution in [0.25, 0.3) is 0 Å². The second-order valence-corrected chi connectivity index (χ2v) is 2.40. The van der Waals surface area contributed by atoms with Gasteiger partial charge in [-0.05, 0) is 6.07 Å². The summed E-state index contributed by atoms with van der Waals surface area (Å²) in [5.41, 5.74) is 3.92. The predicted molar refractivity (Wildman–Crippen MR) is 41.3 cm³/mol. The second-order valence-electron chi connectivity index (χ2n) is 2.40. The maximum Gasteiger partial charge on any atom is 0.246 e. The molecule has 1 amide bonds. The van der Waals surface area contributed by atoms with Gasteiger partial charge < -0.3 is 0 Å². The van der Waals surface area contributed by atoms with E-state index < -0.39 is 0 Å². The lowest BCUT2D eigenvalue weighted by Crippen LogP contribution is -2.09. The highest BCUT2D eigenvalue weighted by molar-refractivity contribution is 6.13. The summed E-state index contributed by atoms with van der Waals surface area (Å²) in [7, 11) is 0. The van der Waals surface area contributed by atoms with Gasteiger partial charge in [0.2, 0.25) is 5.91 Å². The van der Waals surface area contributed by atoms with Crippen molar-refractivity contribution in [1.82, 2.24) is 15.6 Å². The second kappa shape index (κ2) is 2.69. The van der Waals surface area contributed by atoms with Gasteiger partial charge in [0.25, 0.3) is 0 Å². The molecule has 1 N–H and O–H groups in total. The lowest BCUT2D eigenvalue weighted by molar-refractivity contribution is -0.119. The van der Waals surface area contributed by atoms with Gasteiger partial charge >= 0.3 is 0 Å². The minimum Gasteiger partial charge on any atom is -0.273 e. The average molecular weight is 162 g/mol. The first-order valence-electron chi connectivity index (χ1n) is 3.49. The van der Waals surface area contributed by atoms with Crippen LogP contribution >= 0.6 is 0 Å². The lowest BCUT2D eigenvalue weighted by Gasteiger charge is -1.93. The van der Waals surface area contributed by atoms with Crippen molar-refractivity contribution in [2.75, 3.05) is 0 Å². The minimum absolute atomic E-state index is 0.0817. The molecule has 2 heterocycles. The molecular weight excluding hydrogens is 156 g/mol. The summed E-state index contributed by atoms with van der Waals surface area (Å²) < 4.78 is 0. The number of nitrogens with one attached hydrogen (secondary N) is 1. The lowest BCUT2D eigenvalue weighted by atomic mass is 10.1. The number of hydrogen-bond donors (Lipinski definition) is 1. The van der Waals surface area contributed by atoms with Crippen LogP contribution in [-0.4, -0.2) is 21.8 Å². The number of carbonyl (C=O) groups is 1. The summed E-state index contributed by atoms with van der Waals surface area (Å²) >= 11 is 0. The summed E-state index contributed by atoms with van der Waals surface area (Å²) in [6, 6.07) is 1.77. The fourth-order valence-electron chi connectivity index (χ4n) is 0.989. The monoisotopic (exact) mass is 162 g/mol. The van der Waals surface area contributed by atoms with Gasteiger partial charge in [0.15, 0.2) is 0 Å². The molecule has 0 bridgehead atoms. The van der Waals surface area contributed by atoms with Crippen LogP contribution in [0.2, 0.25) is 0 Å². The van der Waals surface area contributed by atoms with Gasteiger partial charge in [-0.1, -0.05) is 0 Å². The van der Waals surface area contributed by atoms with E-state index in [2.05, 4.69) is 20.7 Å². The van der Waals surface area contributed by atoms with Crippen molar-refractivity contribution in [3.63, 3.8) is 0 Å². The minimum atomic E-state index is -0.0817. The standard InChI is InChI=1S/C7H6N4O/c12-7-3-6(10-11-7)5-1-2-8-9-4-5/h1-2,4H,3H2,(H,11,12). The Morgan fingerprint density at radius 1 is 1.42 bits per heavy atom. The summed E-state index contributed by atoms with van der Waals surface area (Å²) in [4.78, 5) is 10.8. The Morgan fingerprint density at radius 3 is 2.92 bits per heavy atom. The summed E-state index contributed by atoms with van der Waals surface area (Å²) in [5.74, 6) is -0.0817. The van der Waals surface area contributed by atoms with Gasteiger partial charge in [0.05, 0.1) is 24.5 Å². The van der Waals surface area contributed by atoms with Gasteiger partial charge in [-0.15, -0.1) is 0 Å². The number of rotatable bonds is 1. The molecule has 0 saturated heterocycles. The highest BCUT2D eigenvalue weighted by Crippen LogP contribution is 2.05. The molecule has 1 aliphatic rings. The van der Waals surface area contributed by atoms with Crippen LogP contribution in [0.1, 0.15) is 12.0 Å². The highest BCUT2D eigenvalue weighted by Gasteiger charge is 2.15. The topological polar surface area (TPSA) is 67.2 Å². The molecular formula is C7H6N4O. The van der Waals surface area contributed by atoms with Crippen LogP contribution in [0.5, 0.6) is 0 Å². The first kappa shape index (κ1) is 6.90. The number of hydrogen-bond acceptors (Lipinski definition) is 4. The molecule has 0 aliphatic carbocycles. The summed E-state index contributed by atoms with van der Waals surface area (Å²) in [6.07, 6.45) is 3.48. The van der Waals surface area contributed by atoms with Crippen molar-refractivity contribution in [3.05, 3.63) is 24.0 Å². The zero-order valence-corrected chi connectivity index (χ0v) is 6.19. The van der Waals surface area contributed by atoms with Crippen molar-refractivity contribution in [3.8, 4) is 0 Å². The van der Waals surface area contributed by atoms with E-state index in [-0.39, 0.29) is 5.91 Å².